The Morgan fingerprint density at radius 2 is 1.87 bits per heavy atom. The van der Waals surface area contributed by atoms with E-state index in [1.165, 1.54) is 6.26 Å². The molecule has 38 heavy (non-hydrogen) atoms. The number of sulfone groups is 1. The quantitative estimate of drug-likeness (QED) is 0.363. The molecule has 3 aromatic carbocycles. The number of aliphatic carboxylic acids is 1. The molecule has 8 nitrogen and oxygen atoms in total. The van der Waals surface area contributed by atoms with E-state index in [0.717, 1.165) is 39.1 Å². The Labute approximate surface area is 222 Å². The average Bonchev–Trinajstić information content (AvgIpc) is 3.25. The summed E-state index contributed by atoms with van der Waals surface area (Å²) in [5.74, 6) is 1.95. The monoisotopic (exact) mass is 538 g/mol. The highest BCUT2D eigenvalue weighted by molar-refractivity contribution is 7.90. The molecule has 5 rings (SSSR count). The average molecular weight is 539 g/mol. The van der Waals surface area contributed by atoms with Gasteiger partial charge in [-0.05, 0) is 60.4 Å². The number of carbonyl (C=O) groups is 1. The van der Waals surface area contributed by atoms with Crippen molar-refractivity contribution in [3.05, 3.63) is 70.8 Å². The summed E-state index contributed by atoms with van der Waals surface area (Å²) in [4.78, 5) is 11.1. The molecule has 1 N–H and O–H groups in total. The van der Waals surface area contributed by atoms with Gasteiger partial charge in [-0.2, -0.15) is 0 Å². The lowest BCUT2D eigenvalue weighted by atomic mass is 9.91. The minimum Gasteiger partial charge on any atom is -0.494 e. The van der Waals surface area contributed by atoms with Crippen LogP contribution < -0.4 is 18.9 Å². The van der Waals surface area contributed by atoms with Crippen LogP contribution in [0.1, 0.15) is 41.0 Å². The van der Waals surface area contributed by atoms with Gasteiger partial charge in [0.05, 0.1) is 25.4 Å². The first-order valence-electron chi connectivity index (χ1n) is 12.5. The fraction of sp³-hybridized carbons (Fsp3) is 0.345. The van der Waals surface area contributed by atoms with E-state index >= 15 is 0 Å². The molecule has 0 saturated carbocycles. The van der Waals surface area contributed by atoms with Crippen molar-refractivity contribution in [1.29, 1.82) is 0 Å². The Bertz CT molecular complexity index is 1480. The van der Waals surface area contributed by atoms with Gasteiger partial charge in [0.2, 0.25) is 0 Å². The largest absolute Gasteiger partial charge is 0.494 e. The number of carboxylic acids is 1. The first-order chi connectivity index (χ1) is 18.2. The van der Waals surface area contributed by atoms with Crippen LogP contribution in [0.2, 0.25) is 0 Å². The van der Waals surface area contributed by atoms with E-state index in [9.17, 15) is 13.2 Å². The SMILES string of the molecule is Cc1cc(OCCCS(C)(=O)=O)cc2c1-c1cc(COc3ccc4c(c3)OCC4CC(=O)O)ccc1OC2. The summed E-state index contributed by atoms with van der Waals surface area (Å²) in [5.41, 5.74) is 6.03. The summed E-state index contributed by atoms with van der Waals surface area (Å²) in [7, 11) is -3.01. The van der Waals surface area contributed by atoms with E-state index in [1.54, 1.807) is 0 Å². The van der Waals surface area contributed by atoms with E-state index in [1.807, 2.05) is 49.4 Å². The van der Waals surface area contributed by atoms with Crippen molar-refractivity contribution in [2.75, 3.05) is 25.2 Å². The number of hydrogen-bond acceptors (Lipinski definition) is 7. The number of ether oxygens (including phenoxy) is 4. The molecule has 0 amide bonds. The van der Waals surface area contributed by atoms with Gasteiger partial charge in [0.25, 0.3) is 0 Å². The highest BCUT2D eigenvalue weighted by Crippen LogP contribution is 2.42. The van der Waals surface area contributed by atoms with Gasteiger partial charge >= 0.3 is 5.97 Å². The fourth-order valence-electron chi connectivity index (χ4n) is 4.95. The van der Waals surface area contributed by atoms with Gasteiger partial charge < -0.3 is 24.1 Å². The second-order valence-corrected chi connectivity index (χ2v) is 12.1. The molecule has 2 aliphatic heterocycles. The van der Waals surface area contributed by atoms with E-state index in [-0.39, 0.29) is 18.1 Å². The molecular formula is C29H30O8S. The van der Waals surface area contributed by atoms with Crippen LogP contribution in [0.5, 0.6) is 23.0 Å². The van der Waals surface area contributed by atoms with Gasteiger partial charge in [0.1, 0.15) is 46.0 Å². The smallest absolute Gasteiger partial charge is 0.304 e. The predicted octanol–water partition coefficient (Wildman–Crippen LogP) is 4.90. The van der Waals surface area contributed by atoms with Crippen LogP contribution in [0.15, 0.2) is 48.5 Å². The first-order valence-corrected chi connectivity index (χ1v) is 14.5. The van der Waals surface area contributed by atoms with Crippen molar-refractivity contribution in [2.45, 2.75) is 38.9 Å². The third-order valence-electron chi connectivity index (χ3n) is 6.71. The Morgan fingerprint density at radius 3 is 2.66 bits per heavy atom. The third kappa shape index (κ3) is 5.88. The second kappa shape index (κ2) is 10.6. The maximum atomic E-state index is 11.3. The summed E-state index contributed by atoms with van der Waals surface area (Å²) >= 11 is 0. The van der Waals surface area contributed by atoms with Crippen LogP contribution in [0.3, 0.4) is 0 Å². The number of benzene rings is 3. The molecule has 0 aromatic heterocycles. The Morgan fingerprint density at radius 1 is 1.03 bits per heavy atom. The highest BCUT2D eigenvalue weighted by Gasteiger charge is 2.27. The number of hydrogen-bond donors (Lipinski definition) is 1. The van der Waals surface area contributed by atoms with Crippen molar-refractivity contribution in [3.8, 4) is 34.1 Å². The third-order valence-corrected chi connectivity index (χ3v) is 7.74. The molecule has 0 radical (unpaired) electrons. The predicted molar refractivity (Wildman–Crippen MR) is 142 cm³/mol. The molecule has 0 aliphatic carbocycles. The standard InChI is InChI=1S/C29H30O8S/c1-18-10-23(34-8-3-9-38(2,32)33)12-21-17-36-26-7-4-19(11-25(26)29(18)21)15-35-22-5-6-24-20(13-28(30)31)16-37-27(24)14-22/h4-7,10-12,14,20H,3,8-9,13,15-17H2,1-2H3,(H,30,31). The number of aryl methyl sites for hydroxylation is 1. The topological polar surface area (TPSA) is 108 Å². The van der Waals surface area contributed by atoms with E-state index in [4.69, 9.17) is 24.1 Å². The zero-order valence-electron chi connectivity index (χ0n) is 21.4. The summed E-state index contributed by atoms with van der Waals surface area (Å²) < 4.78 is 46.2. The van der Waals surface area contributed by atoms with Crippen molar-refractivity contribution < 1.29 is 37.3 Å². The molecule has 3 aromatic rings. The first kappa shape index (κ1) is 25.9. The van der Waals surface area contributed by atoms with E-state index in [2.05, 4.69) is 6.07 Å². The molecule has 2 heterocycles. The van der Waals surface area contributed by atoms with Crippen molar-refractivity contribution in [2.24, 2.45) is 0 Å². The maximum Gasteiger partial charge on any atom is 0.304 e. The lowest BCUT2D eigenvalue weighted by Crippen LogP contribution is -2.10. The summed E-state index contributed by atoms with van der Waals surface area (Å²) in [5, 5.41) is 9.09. The molecular weight excluding hydrogens is 508 g/mol. The zero-order valence-corrected chi connectivity index (χ0v) is 22.2. The van der Waals surface area contributed by atoms with Gasteiger partial charge in [-0.1, -0.05) is 12.1 Å². The number of carboxylic acid groups (broad SMARTS) is 1. The van der Waals surface area contributed by atoms with Gasteiger partial charge in [-0.25, -0.2) is 8.42 Å². The normalized spacial score (nSPS) is 15.5. The second-order valence-electron chi connectivity index (χ2n) is 9.82. The van der Waals surface area contributed by atoms with Crippen LogP contribution in [0.4, 0.5) is 0 Å². The molecule has 9 heteroatoms. The molecule has 0 spiro atoms. The van der Waals surface area contributed by atoms with Crippen molar-refractivity contribution in [3.63, 3.8) is 0 Å². The molecule has 0 fully saturated rings. The van der Waals surface area contributed by atoms with Gasteiger partial charge in [-0.3, -0.25) is 4.79 Å². The summed E-state index contributed by atoms with van der Waals surface area (Å²) in [6, 6.07) is 15.5. The minimum atomic E-state index is -3.01. The fourth-order valence-corrected chi connectivity index (χ4v) is 5.60. The summed E-state index contributed by atoms with van der Waals surface area (Å²) in [6.45, 7) is 3.50. The molecule has 1 atom stereocenters. The number of rotatable bonds is 10. The van der Waals surface area contributed by atoms with Crippen LogP contribution in [-0.4, -0.2) is 44.7 Å². The van der Waals surface area contributed by atoms with E-state index in [0.29, 0.717) is 50.1 Å². The molecule has 2 aliphatic rings. The van der Waals surface area contributed by atoms with Crippen molar-refractivity contribution in [1.82, 2.24) is 0 Å². The van der Waals surface area contributed by atoms with Gasteiger partial charge in [0, 0.05) is 34.9 Å². The highest BCUT2D eigenvalue weighted by atomic mass is 32.2. The lowest BCUT2D eigenvalue weighted by Gasteiger charge is -2.24. The molecule has 0 bridgehead atoms. The summed E-state index contributed by atoms with van der Waals surface area (Å²) in [6.07, 6.45) is 1.71. The van der Waals surface area contributed by atoms with Gasteiger partial charge in [-0.15, -0.1) is 0 Å². The van der Waals surface area contributed by atoms with Crippen LogP contribution >= 0.6 is 0 Å². The number of fused-ring (bicyclic) bond motifs is 4. The molecule has 0 saturated heterocycles. The lowest BCUT2D eigenvalue weighted by molar-refractivity contribution is -0.137. The Kier molecular flexibility index (Phi) is 7.21. The van der Waals surface area contributed by atoms with Crippen LogP contribution in [-0.2, 0) is 27.8 Å². The van der Waals surface area contributed by atoms with Crippen LogP contribution in [0.25, 0.3) is 11.1 Å². The minimum absolute atomic E-state index is 0.0437. The Balaban J connectivity index is 1.28. The van der Waals surface area contributed by atoms with Crippen molar-refractivity contribution >= 4 is 15.8 Å². The molecule has 200 valence electrons. The van der Waals surface area contributed by atoms with Crippen LogP contribution in [0, 0.1) is 6.92 Å². The molecule has 1 unspecified atom stereocenters. The Hall–Kier alpha value is -3.72. The van der Waals surface area contributed by atoms with Gasteiger partial charge in [0.15, 0.2) is 0 Å². The zero-order chi connectivity index (χ0) is 26.9. The van der Waals surface area contributed by atoms with E-state index < -0.39 is 15.8 Å². The maximum absolute atomic E-state index is 11.3.